The highest BCUT2D eigenvalue weighted by molar-refractivity contribution is 6.74. The van der Waals surface area contributed by atoms with Gasteiger partial charge in [0, 0.05) is 0 Å². The maximum Gasteiger partial charge on any atom is 0.250 e. The van der Waals surface area contributed by atoms with Crippen molar-refractivity contribution in [3.8, 4) is 5.75 Å². The van der Waals surface area contributed by atoms with Gasteiger partial charge >= 0.3 is 0 Å². The van der Waals surface area contributed by atoms with Gasteiger partial charge in [-0.05, 0) is 109 Å². The van der Waals surface area contributed by atoms with E-state index < -0.39 is 14.4 Å². The molecule has 2 nitrogen and oxygen atoms in total. The molecule has 1 unspecified atom stereocenters. The molecule has 4 fully saturated rings. The van der Waals surface area contributed by atoms with E-state index in [-0.39, 0.29) is 10.5 Å². The average molecular weight is 449 g/mol. The van der Waals surface area contributed by atoms with Crippen LogP contribution in [-0.4, -0.2) is 13.4 Å². The van der Waals surface area contributed by atoms with Gasteiger partial charge in [0.15, 0.2) is 0 Å². The molecular formula is C29H40O2Si. The summed E-state index contributed by atoms with van der Waals surface area (Å²) >= 11 is 0. The van der Waals surface area contributed by atoms with E-state index in [9.17, 15) is 5.11 Å². The molecule has 4 aliphatic carbocycles. The van der Waals surface area contributed by atoms with E-state index in [1.165, 1.54) is 44.1 Å². The number of hydrogen-bond donors (Lipinski definition) is 1. The van der Waals surface area contributed by atoms with Crippen LogP contribution in [0.1, 0.15) is 82.1 Å². The lowest BCUT2D eigenvalue weighted by molar-refractivity contribution is -0.00594. The van der Waals surface area contributed by atoms with Crippen molar-refractivity contribution in [2.45, 2.75) is 88.9 Å². The molecule has 0 radical (unpaired) electrons. The maximum absolute atomic E-state index is 11.2. The molecule has 4 aliphatic rings. The fourth-order valence-corrected chi connectivity index (χ4v) is 7.95. The number of benzene rings is 2. The molecule has 2 aromatic rings. The summed E-state index contributed by atoms with van der Waals surface area (Å²) in [4.78, 5) is 0. The minimum Gasteiger partial charge on any atom is -0.543 e. The molecule has 1 N–H and O–H groups in total. The molecule has 1 atom stereocenters. The van der Waals surface area contributed by atoms with Gasteiger partial charge in [0.1, 0.15) is 11.9 Å². The Hall–Kier alpha value is -1.58. The molecule has 2 aromatic carbocycles. The Bertz CT molecular complexity index is 937. The monoisotopic (exact) mass is 448 g/mol. The lowest BCUT2D eigenvalue weighted by atomic mass is 9.48. The van der Waals surface area contributed by atoms with Crippen LogP contribution in [0.4, 0.5) is 0 Å². The summed E-state index contributed by atoms with van der Waals surface area (Å²) < 4.78 is 6.98. The Labute approximate surface area is 195 Å². The minimum absolute atomic E-state index is 0.161. The molecular weight excluding hydrogens is 408 g/mol. The molecule has 32 heavy (non-hydrogen) atoms. The third kappa shape index (κ3) is 3.86. The quantitative estimate of drug-likeness (QED) is 0.477. The topological polar surface area (TPSA) is 29.5 Å². The zero-order valence-electron chi connectivity index (χ0n) is 20.5. The first-order chi connectivity index (χ1) is 15.1. The molecule has 0 aromatic heterocycles. The summed E-state index contributed by atoms with van der Waals surface area (Å²) in [5.41, 5.74) is 3.60. The highest BCUT2D eigenvalue weighted by atomic mass is 28.4. The van der Waals surface area contributed by atoms with E-state index in [1.807, 2.05) is 30.3 Å². The van der Waals surface area contributed by atoms with Gasteiger partial charge in [-0.1, -0.05) is 57.2 Å². The van der Waals surface area contributed by atoms with Gasteiger partial charge in [-0.2, -0.15) is 0 Å². The predicted molar refractivity (Wildman–Crippen MR) is 135 cm³/mol. The first-order valence-corrected chi connectivity index (χ1v) is 15.5. The van der Waals surface area contributed by atoms with Gasteiger partial charge in [-0.3, -0.25) is 0 Å². The van der Waals surface area contributed by atoms with Gasteiger partial charge < -0.3 is 9.53 Å². The van der Waals surface area contributed by atoms with E-state index in [4.69, 9.17) is 4.43 Å². The van der Waals surface area contributed by atoms with Crippen LogP contribution in [0.15, 0.2) is 48.5 Å². The summed E-state index contributed by atoms with van der Waals surface area (Å²) in [5.74, 6) is 3.74. The van der Waals surface area contributed by atoms with Crippen molar-refractivity contribution in [3.05, 3.63) is 65.2 Å². The maximum atomic E-state index is 11.2. The van der Waals surface area contributed by atoms with Crippen molar-refractivity contribution in [2.75, 3.05) is 0 Å². The number of aliphatic hydroxyl groups is 1. The Kier molecular flexibility index (Phi) is 5.37. The highest BCUT2D eigenvalue weighted by Crippen LogP contribution is 2.62. The van der Waals surface area contributed by atoms with Gasteiger partial charge in [0.25, 0.3) is 0 Å². The average Bonchev–Trinajstić information content (AvgIpc) is 2.72. The van der Waals surface area contributed by atoms with Crippen LogP contribution in [0.2, 0.25) is 18.1 Å². The van der Waals surface area contributed by atoms with Crippen LogP contribution in [0.25, 0.3) is 0 Å². The van der Waals surface area contributed by atoms with Crippen molar-refractivity contribution < 1.29 is 9.53 Å². The molecule has 6 rings (SSSR count). The van der Waals surface area contributed by atoms with Gasteiger partial charge in [-0.15, -0.1) is 0 Å². The lowest BCUT2D eigenvalue weighted by Crippen LogP contribution is -2.49. The van der Waals surface area contributed by atoms with E-state index in [1.54, 1.807) is 0 Å². The zero-order valence-corrected chi connectivity index (χ0v) is 21.5. The molecule has 172 valence electrons. The van der Waals surface area contributed by atoms with Gasteiger partial charge in [0.05, 0.1) is 0 Å². The van der Waals surface area contributed by atoms with E-state index in [0.717, 1.165) is 34.6 Å². The summed E-state index contributed by atoms with van der Waals surface area (Å²) in [6.45, 7) is 11.7. The molecule has 0 saturated heterocycles. The third-order valence-electron chi connectivity index (χ3n) is 9.22. The van der Waals surface area contributed by atoms with Crippen molar-refractivity contribution in [1.82, 2.24) is 0 Å². The van der Waals surface area contributed by atoms with E-state index >= 15 is 0 Å². The summed E-state index contributed by atoms with van der Waals surface area (Å²) in [6.07, 6.45) is 7.62. The molecule has 0 spiro atoms. The van der Waals surface area contributed by atoms with E-state index in [2.05, 4.69) is 52.1 Å². The molecule has 3 heteroatoms. The summed E-state index contributed by atoms with van der Waals surface area (Å²) in [6, 6.07) is 16.7. The number of rotatable bonds is 5. The second kappa shape index (κ2) is 7.74. The summed E-state index contributed by atoms with van der Waals surface area (Å²) in [7, 11) is -1.96. The van der Waals surface area contributed by atoms with Crippen LogP contribution in [0.3, 0.4) is 0 Å². The second-order valence-corrected chi connectivity index (χ2v) is 17.4. The first-order valence-electron chi connectivity index (χ1n) is 12.6. The largest absolute Gasteiger partial charge is 0.543 e. The SMILES string of the molecule is CC(C)(C)[Si](C)(C)Oc1ccc(C(O)c2ccccc2)cc1C12CC3CC(CC(C3)C1)C2. The predicted octanol–water partition coefficient (Wildman–Crippen LogP) is 7.62. The Balaban J connectivity index is 1.58. The van der Waals surface area contributed by atoms with Gasteiger partial charge in [0.2, 0.25) is 8.32 Å². The van der Waals surface area contributed by atoms with Crippen LogP contribution < -0.4 is 4.43 Å². The normalized spacial score (nSPS) is 30.4. The van der Waals surface area contributed by atoms with Crippen molar-refractivity contribution in [1.29, 1.82) is 0 Å². The Morgan fingerprint density at radius 1 is 0.875 bits per heavy atom. The fraction of sp³-hybridized carbons (Fsp3) is 0.586. The van der Waals surface area contributed by atoms with Crippen molar-refractivity contribution >= 4 is 8.32 Å². The molecule has 0 amide bonds. The molecule has 4 saturated carbocycles. The van der Waals surface area contributed by atoms with Crippen molar-refractivity contribution in [3.63, 3.8) is 0 Å². The second-order valence-electron chi connectivity index (χ2n) is 12.6. The first kappa shape index (κ1) is 22.2. The van der Waals surface area contributed by atoms with E-state index in [0.29, 0.717) is 0 Å². The zero-order chi connectivity index (χ0) is 22.7. The fourth-order valence-electron chi connectivity index (χ4n) is 6.92. The molecule has 0 heterocycles. The van der Waals surface area contributed by atoms with Crippen molar-refractivity contribution in [2.24, 2.45) is 17.8 Å². The van der Waals surface area contributed by atoms with Crippen LogP contribution in [0, 0.1) is 17.8 Å². The van der Waals surface area contributed by atoms with Crippen LogP contribution in [0.5, 0.6) is 5.75 Å². The smallest absolute Gasteiger partial charge is 0.250 e. The highest BCUT2D eigenvalue weighted by Gasteiger charge is 2.53. The van der Waals surface area contributed by atoms with Crippen LogP contribution in [-0.2, 0) is 5.41 Å². The minimum atomic E-state index is -1.96. The Morgan fingerprint density at radius 2 is 1.44 bits per heavy atom. The van der Waals surface area contributed by atoms with Gasteiger partial charge in [-0.25, -0.2) is 0 Å². The van der Waals surface area contributed by atoms with Crippen LogP contribution >= 0.6 is 0 Å². The number of aliphatic hydroxyl groups excluding tert-OH is 1. The lowest BCUT2D eigenvalue weighted by Gasteiger charge is -2.57. The Morgan fingerprint density at radius 3 is 1.97 bits per heavy atom. The molecule has 4 bridgehead atoms. The standard InChI is InChI=1S/C29H40O2Si/c1-28(2,3)32(4,5)31-26-12-11-24(27(30)23-9-7-6-8-10-23)16-25(26)29-17-20-13-21(18-29)15-22(14-20)19-29/h6-12,16,20-22,27,30H,13-15,17-19H2,1-5H3. The summed E-state index contributed by atoms with van der Waals surface area (Å²) in [5, 5.41) is 11.4. The third-order valence-corrected chi connectivity index (χ3v) is 13.6. The molecule has 0 aliphatic heterocycles. The number of hydrogen-bond acceptors (Lipinski definition) is 2.